The summed E-state index contributed by atoms with van der Waals surface area (Å²) in [7, 11) is -3.33. The lowest BCUT2D eigenvalue weighted by atomic mass is 10.0. The minimum Gasteiger partial charge on any atom is -0.301 e. The Hall–Kier alpha value is -0.910. The number of piperazine rings is 1. The van der Waals surface area contributed by atoms with E-state index in [1.54, 1.807) is 28.6 Å². The molecule has 190 valence electrons. The third-order valence-electron chi connectivity index (χ3n) is 7.04. The van der Waals surface area contributed by atoms with Crippen molar-refractivity contribution in [2.75, 3.05) is 32.7 Å². The van der Waals surface area contributed by atoms with Gasteiger partial charge in [-0.2, -0.15) is 4.31 Å². The van der Waals surface area contributed by atoms with Crippen molar-refractivity contribution in [3.8, 4) is 0 Å². The van der Waals surface area contributed by atoms with Crippen molar-refractivity contribution in [3.05, 3.63) is 30.3 Å². The van der Waals surface area contributed by atoms with Crippen LogP contribution in [-0.2, 0) is 10.0 Å². The number of sulfonamides is 1. The maximum absolute atomic E-state index is 12.7. The summed E-state index contributed by atoms with van der Waals surface area (Å²) in [5.74, 6) is 0. The van der Waals surface area contributed by atoms with Crippen LogP contribution in [0, 0.1) is 0 Å². The second-order valence-corrected chi connectivity index (χ2v) is 11.8. The van der Waals surface area contributed by atoms with Crippen LogP contribution in [0.15, 0.2) is 35.2 Å². The molecule has 0 N–H and O–H groups in total. The minimum absolute atomic E-state index is 0.413. The summed E-state index contributed by atoms with van der Waals surface area (Å²) >= 11 is 0. The Morgan fingerprint density at radius 2 is 1.03 bits per heavy atom. The summed E-state index contributed by atoms with van der Waals surface area (Å²) in [6.45, 7) is 6.31. The van der Waals surface area contributed by atoms with Crippen LogP contribution in [0.5, 0.6) is 0 Å². The molecule has 5 heteroatoms. The highest BCUT2D eigenvalue weighted by Crippen LogP contribution is 2.18. The van der Waals surface area contributed by atoms with Crippen LogP contribution in [-0.4, -0.2) is 50.3 Å². The van der Waals surface area contributed by atoms with Crippen LogP contribution in [0.3, 0.4) is 0 Å². The summed E-state index contributed by atoms with van der Waals surface area (Å²) in [6.07, 6.45) is 22.3. The van der Waals surface area contributed by atoms with Crippen LogP contribution in [0.25, 0.3) is 0 Å². The van der Waals surface area contributed by atoms with Crippen molar-refractivity contribution >= 4 is 10.0 Å². The average Bonchev–Trinajstić information content (AvgIpc) is 2.84. The molecule has 1 fully saturated rings. The number of unbranched alkanes of at least 4 members (excludes halogenated alkanes) is 15. The van der Waals surface area contributed by atoms with Crippen molar-refractivity contribution in [1.82, 2.24) is 9.21 Å². The molecule has 2 rings (SSSR count). The molecular weight excluding hydrogens is 428 g/mol. The molecule has 0 saturated carbocycles. The number of rotatable bonds is 19. The van der Waals surface area contributed by atoms with E-state index in [2.05, 4.69) is 11.8 Å². The fraction of sp³-hybridized carbons (Fsp3) is 0.786. The SMILES string of the molecule is CCCCCCCCCCCCCCCCCCN1CCN(S(=O)(=O)c2ccccc2)CC1. The molecule has 0 aliphatic carbocycles. The summed E-state index contributed by atoms with van der Waals surface area (Å²) in [6, 6.07) is 8.83. The zero-order valence-corrected chi connectivity index (χ0v) is 22.2. The summed E-state index contributed by atoms with van der Waals surface area (Å²) in [5.41, 5.74) is 0. The summed E-state index contributed by atoms with van der Waals surface area (Å²) in [4.78, 5) is 2.84. The second-order valence-electron chi connectivity index (χ2n) is 9.86. The fourth-order valence-electron chi connectivity index (χ4n) is 4.82. The number of nitrogens with zero attached hydrogens (tertiary/aromatic N) is 2. The van der Waals surface area contributed by atoms with Gasteiger partial charge in [0, 0.05) is 26.2 Å². The van der Waals surface area contributed by atoms with Gasteiger partial charge in [-0.3, -0.25) is 0 Å². The maximum atomic E-state index is 12.7. The molecule has 33 heavy (non-hydrogen) atoms. The molecule has 0 unspecified atom stereocenters. The Morgan fingerprint density at radius 1 is 0.606 bits per heavy atom. The molecule has 1 heterocycles. The monoisotopic (exact) mass is 478 g/mol. The molecule has 0 aromatic heterocycles. The zero-order chi connectivity index (χ0) is 23.6. The first-order valence-electron chi connectivity index (χ1n) is 13.9. The molecule has 1 aromatic rings. The molecule has 0 amide bonds. The Kier molecular flexibility index (Phi) is 15.0. The summed E-state index contributed by atoms with van der Waals surface area (Å²) in [5, 5.41) is 0. The molecule has 4 nitrogen and oxygen atoms in total. The van der Waals surface area contributed by atoms with E-state index < -0.39 is 10.0 Å². The van der Waals surface area contributed by atoms with Crippen LogP contribution in [0.2, 0.25) is 0 Å². The lowest BCUT2D eigenvalue weighted by Crippen LogP contribution is -2.48. The predicted molar refractivity (Wildman–Crippen MR) is 141 cm³/mol. The number of hydrogen-bond donors (Lipinski definition) is 0. The van der Waals surface area contributed by atoms with E-state index in [0.29, 0.717) is 18.0 Å². The van der Waals surface area contributed by atoms with E-state index in [-0.39, 0.29) is 0 Å². The average molecular weight is 479 g/mol. The number of hydrogen-bond acceptors (Lipinski definition) is 3. The first kappa shape index (κ1) is 28.3. The van der Waals surface area contributed by atoms with Crippen LogP contribution >= 0.6 is 0 Å². The molecule has 1 aromatic carbocycles. The molecule has 0 bridgehead atoms. The van der Waals surface area contributed by atoms with Gasteiger partial charge >= 0.3 is 0 Å². The molecular formula is C28H50N2O2S. The van der Waals surface area contributed by atoms with Crippen LogP contribution in [0.1, 0.15) is 110 Å². The van der Waals surface area contributed by atoms with Gasteiger partial charge < -0.3 is 4.90 Å². The van der Waals surface area contributed by atoms with Gasteiger partial charge in [0.2, 0.25) is 10.0 Å². The lowest BCUT2D eigenvalue weighted by Gasteiger charge is -2.34. The molecule has 1 saturated heterocycles. The van der Waals surface area contributed by atoms with E-state index in [4.69, 9.17) is 0 Å². The minimum atomic E-state index is -3.33. The molecule has 0 radical (unpaired) electrons. The third kappa shape index (κ3) is 11.9. The topological polar surface area (TPSA) is 40.6 Å². The van der Waals surface area contributed by atoms with Gasteiger partial charge in [0.05, 0.1) is 4.90 Å². The molecule has 1 aliphatic heterocycles. The van der Waals surface area contributed by atoms with Gasteiger partial charge in [0.15, 0.2) is 0 Å². The highest BCUT2D eigenvalue weighted by atomic mass is 32.2. The van der Waals surface area contributed by atoms with E-state index in [1.165, 1.54) is 103 Å². The van der Waals surface area contributed by atoms with Crippen molar-refractivity contribution in [3.63, 3.8) is 0 Å². The van der Waals surface area contributed by atoms with Crippen LogP contribution in [0.4, 0.5) is 0 Å². The highest BCUT2D eigenvalue weighted by Gasteiger charge is 2.27. The van der Waals surface area contributed by atoms with E-state index >= 15 is 0 Å². The molecule has 0 spiro atoms. The van der Waals surface area contributed by atoms with Crippen molar-refractivity contribution in [2.45, 2.75) is 115 Å². The largest absolute Gasteiger partial charge is 0.301 e. The van der Waals surface area contributed by atoms with Gasteiger partial charge in [-0.05, 0) is 25.1 Å². The Bertz CT molecular complexity index is 685. The van der Waals surface area contributed by atoms with Gasteiger partial charge in [0.25, 0.3) is 0 Å². The molecule has 1 aliphatic rings. The molecule has 0 atom stereocenters. The normalized spacial score (nSPS) is 15.8. The van der Waals surface area contributed by atoms with Crippen molar-refractivity contribution < 1.29 is 8.42 Å². The van der Waals surface area contributed by atoms with Crippen LogP contribution < -0.4 is 0 Å². The Morgan fingerprint density at radius 3 is 1.48 bits per heavy atom. The highest BCUT2D eigenvalue weighted by molar-refractivity contribution is 7.89. The fourth-order valence-corrected chi connectivity index (χ4v) is 6.26. The Balaban J connectivity index is 1.38. The van der Waals surface area contributed by atoms with Gasteiger partial charge in [-0.1, -0.05) is 121 Å². The summed E-state index contributed by atoms with van der Waals surface area (Å²) < 4.78 is 27.1. The van der Waals surface area contributed by atoms with E-state index in [0.717, 1.165) is 19.6 Å². The van der Waals surface area contributed by atoms with Crippen molar-refractivity contribution in [2.24, 2.45) is 0 Å². The quantitative estimate of drug-likeness (QED) is 0.197. The smallest absolute Gasteiger partial charge is 0.243 e. The Labute approximate surface area is 205 Å². The zero-order valence-electron chi connectivity index (χ0n) is 21.4. The van der Waals surface area contributed by atoms with Gasteiger partial charge in [-0.25, -0.2) is 8.42 Å². The first-order valence-corrected chi connectivity index (χ1v) is 15.4. The van der Waals surface area contributed by atoms with E-state index in [1.807, 2.05) is 6.07 Å². The van der Waals surface area contributed by atoms with Crippen molar-refractivity contribution in [1.29, 1.82) is 0 Å². The second kappa shape index (κ2) is 17.5. The lowest BCUT2D eigenvalue weighted by molar-refractivity contribution is 0.185. The van der Waals surface area contributed by atoms with E-state index in [9.17, 15) is 8.42 Å². The third-order valence-corrected chi connectivity index (χ3v) is 8.95. The van der Waals surface area contributed by atoms with Gasteiger partial charge in [0.1, 0.15) is 0 Å². The first-order chi connectivity index (χ1) is 16.1. The maximum Gasteiger partial charge on any atom is 0.243 e. The standard InChI is InChI=1S/C28H50N2O2S/c1-2-3-4-5-6-7-8-9-10-11-12-13-14-15-16-20-23-29-24-26-30(27-25-29)33(31,32)28-21-18-17-19-22-28/h17-19,21-22H,2-16,20,23-27H2,1H3. The van der Waals surface area contributed by atoms with Gasteiger partial charge in [-0.15, -0.1) is 0 Å². The number of benzene rings is 1. The predicted octanol–water partition coefficient (Wildman–Crippen LogP) is 7.25.